The van der Waals surface area contributed by atoms with Gasteiger partial charge in [0, 0.05) is 28.6 Å². The van der Waals surface area contributed by atoms with Gasteiger partial charge in [0.1, 0.15) is 17.1 Å². The SMILES string of the molecule is COc1ccc2c(-c3ccccc3C(C)(C)C)c3ccc(=O)cc-3oc2c1. The molecule has 1 aliphatic heterocycles. The normalized spacial score (nSPS) is 11.9. The van der Waals surface area contributed by atoms with Crippen LogP contribution in [0.15, 0.2) is 69.9 Å². The van der Waals surface area contributed by atoms with E-state index in [1.165, 1.54) is 5.56 Å². The summed E-state index contributed by atoms with van der Waals surface area (Å²) in [5.74, 6) is 1.31. The van der Waals surface area contributed by atoms with Gasteiger partial charge in [-0.3, -0.25) is 4.79 Å². The fourth-order valence-electron chi connectivity index (χ4n) is 3.62. The van der Waals surface area contributed by atoms with Crippen LogP contribution in [0.25, 0.3) is 33.4 Å². The average molecular weight is 358 g/mol. The average Bonchev–Trinajstić information content (AvgIpc) is 2.64. The van der Waals surface area contributed by atoms with Crippen molar-refractivity contribution in [2.45, 2.75) is 26.2 Å². The van der Waals surface area contributed by atoms with Crippen LogP contribution in [0, 0.1) is 0 Å². The molecule has 0 unspecified atom stereocenters. The van der Waals surface area contributed by atoms with Crippen LogP contribution in [0.2, 0.25) is 0 Å². The van der Waals surface area contributed by atoms with Gasteiger partial charge in [-0.1, -0.05) is 45.0 Å². The summed E-state index contributed by atoms with van der Waals surface area (Å²) in [5, 5.41) is 0.999. The summed E-state index contributed by atoms with van der Waals surface area (Å²) >= 11 is 0. The minimum Gasteiger partial charge on any atom is -0.497 e. The summed E-state index contributed by atoms with van der Waals surface area (Å²) in [6.45, 7) is 6.63. The van der Waals surface area contributed by atoms with Crippen LogP contribution in [-0.2, 0) is 5.41 Å². The highest BCUT2D eigenvalue weighted by molar-refractivity contribution is 6.02. The Bertz CT molecular complexity index is 1160. The topological polar surface area (TPSA) is 39.4 Å². The highest BCUT2D eigenvalue weighted by Crippen LogP contribution is 2.43. The summed E-state index contributed by atoms with van der Waals surface area (Å²) in [7, 11) is 1.63. The van der Waals surface area contributed by atoms with Crippen LogP contribution >= 0.6 is 0 Å². The summed E-state index contributed by atoms with van der Waals surface area (Å²) in [6, 6.07) is 19.3. The Hall–Kier alpha value is -3.07. The molecular weight excluding hydrogens is 336 g/mol. The number of ether oxygens (including phenoxy) is 1. The molecule has 136 valence electrons. The molecule has 0 amide bonds. The lowest BCUT2D eigenvalue weighted by atomic mass is 9.80. The molecule has 3 nitrogen and oxygen atoms in total. The van der Waals surface area contributed by atoms with Gasteiger partial charge in [-0.05, 0) is 40.8 Å². The summed E-state index contributed by atoms with van der Waals surface area (Å²) < 4.78 is 11.4. The first kappa shape index (κ1) is 17.3. The molecule has 2 aliphatic rings. The molecule has 0 N–H and O–H groups in total. The molecule has 0 saturated heterocycles. The molecule has 2 aromatic rings. The molecule has 2 aromatic carbocycles. The van der Waals surface area contributed by atoms with Crippen LogP contribution in [0.1, 0.15) is 26.3 Å². The molecule has 0 spiro atoms. The van der Waals surface area contributed by atoms with E-state index >= 15 is 0 Å². The molecule has 0 saturated carbocycles. The molecule has 1 heterocycles. The maximum absolute atomic E-state index is 11.9. The summed E-state index contributed by atoms with van der Waals surface area (Å²) in [5.41, 5.74) is 5.03. The van der Waals surface area contributed by atoms with Gasteiger partial charge < -0.3 is 9.15 Å². The van der Waals surface area contributed by atoms with Gasteiger partial charge in [0.05, 0.1) is 7.11 Å². The van der Waals surface area contributed by atoms with E-state index in [2.05, 4.69) is 45.0 Å². The summed E-state index contributed by atoms with van der Waals surface area (Å²) in [4.78, 5) is 11.9. The van der Waals surface area contributed by atoms with Gasteiger partial charge in [0.25, 0.3) is 0 Å². The van der Waals surface area contributed by atoms with Crippen molar-refractivity contribution in [2.24, 2.45) is 0 Å². The first-order chi connectivity index (χ1) is 12.9. The zero-order valence-corrected chi connectivity index (χ0v) is 16.0. The second-order valence-electron chi connectivity index (χ2n) is 7.79. The number of hydrogen-bond acceptors (Lipinski definition) is 3. The first-order valence-electron chi connectivity index (χ1n) is 9.03. The number of benzene rings is 3. The van der Waals surface area contributed by atoms with Crippen molar-refractivity contribution >= 4 is 11.0 Å². The van der Waals surface area contributed by atoms with E-state index in [0.717, 1.165) is 27.8 Å². The lowest BCUT2D eigenvalue weighted by Gasteiger charge is -2.25. The molecule has 4 rings (SSSR count). The number of rotatable bonds is 2. The van der Waals surface area contributed by atoms with Crippen LogP contribution in [0.5, 0.6) is 5.75 Å². The Morgan fingerprint density at radius 2 is 1.67 bits per heavy atom. The van der Waals surface area contributed by atoms with Gasteiger partial charge in [0.15, 0.2) is 5.43 Å². The van der Waals surface area contributed by atoms with E-state index in [0.29, 0.717) is 11.3 Å². The highest BCUT2D eigenvalue weighted by Gasteiger charge is 2.23. The summed E-state index contributed by atoms with van der Waals surface area (Å²) in [6.07, 6.45) is 0. The van der Waals surface area contributed by atoms with E-state index < -0.39 is 0 Å². The fourth-order valence-corrected chi connectivity index (χ4v) is 3.62. The molecule has 3 heteroatoms. The zero-order valence-electron chi connectivity index (χ0n) is 16.0. The molecule has 0 aromatic heterocycles. The smallest absolute Gasteiger partial charge is 0.182 e. The van der Waals surface area contributed by atoms with Crippen LogP contribution < -0.4 is 10.2 Å². The largest absolute Gasteiger partial charge is 0.497 e. The van der Waals surface area contributed by atoms with Crippen molar-refractivity contribution < 1.29 is 9.15 Å². The van der Waals surface area contributed by atoms with E-state index in [1.54, 1.807) is 19.2 Å². The van der Waals surface area contributed by atoms with Crippen molar-refractivity contribution in [3.63, 3.8) is 0 Å². The molecule has 0 bridgehead atoms. The number of fused-ring (bicyclic) bond motifs is 2. The molecular formula is C24H22O3. The highest BCUT2D eigenvalue weighted by atomic mass is 16.5. The third-order valence-corrected chi connectivity index (χ3v) is 4.90. The molecule has 0 fully saturated rings. The maximum atomic E-state index is 11.9. The lowest BCUT2D eigenvalue weighted by Crippen LogP contribution is -2.13. The number of hydrogen-bond donors (Lipinski definition) is 0. The van der Waals surface area contributed by atoms with Crippen molar-refractivity contribution in [1.29, 1.82) is 0 Å². The quantitative estimate of drug-likeness (QED) is 0.421. The minimum atomic E-state index is -0.0662. The van der Waals surface area contributed by atoms with Crippen LogP contribution in [-0.4, -0.2) is 7.11 Å². The van der Waals surface area contributed by atoms with Crippen molar-refractivity contribution in [2.75, 3.05) is 7.11 Å². The van der Waals surface area contributed by atoms with E-state index in [1.807, 2.05) is 24.3 Å². The Morgan fingerprint density at radius 1 is 0.889 bits per heavy atom. The van der Waals surface area contributed by atoms with E-state index in [9.17, 15) is 4.79 Å². The Balaban J connectivity index is 2.18. The lowest BCUT2D eigenvalue weighted by molar-refractivity contribution is 0.414. The van der Waals surface area contributed by atoms with Gasteiger partial charge in [-0.25, -0.2) is 0 Å². The van der Waals surface area contributed by atoms with Gasteiger partial charge in [-0.2, -0.15) is 0 Å². The first-order valence-corrected chi connectivity index (χ1v) is 9.03. The second kappa shape index (κ2) is 6.27. The van der Waals surface area contributed by atoms with Crippen LogP contribution in [0.3, 0.4) is 0 Å². The Labute approximate surface area is 158 Å². The van der Waals surface area contributed by atoms with Crippen molar-refractivity contribution in [1.82, 2.24) is 0 Å². The third kappa shape index (κ3) is 2.99. The predicted molar refractivity (Wildman–Crippen MR) is 110 cm³/mol. The minimum absolute atomic E-state index is 0.0207. The maximum Gasteiger partial charge on any atom is 0.182 e. The molecule has 0 atom stereocenters. The van der Waals surface area contributed by atoms with Gasteiger partial charge in [-0.15, -0.1) is 0 Å². The van der Waals surface area contributed by atoms with Gasteiger partial charge in [0.2, 0.25) is 0 Å². The van der Waals surface area contributed by atoms with E-state index in [4.69, 9.17) is 9.15 Å². The Kier molecular flexibility index (Phi) is 4.03. The molecule has 0 radical (unpaired) electrons. The Morgan fingerprint density at radius 3 is 2.41 bits per heavy atom. The third-order valence-electron chi connectivity index (χ3n) is 4.90. The molecule has 1 aliphatic carbocycles. The number of methoxy groups -OCH3 is 1. The zero-order chi connectivity index (χ0) is 19.2. The standard InChI is InChI=1S/C24H22O3/c1-24(2,3)20-8-6-5-7-17(20)23-18-11-9-15(25)13-21(18)27-22-14-16(26-4)10-12-19(22)23/h5-14H,1-4H3. The predicted octanol–water partition coefficient (Wildman–Crippen LogP) is 5.87. The van der Waals surface area contributed by atoms with E-state index in [-0.39, 0.29) is 10.8 Å². The monoisotopic (exact) mass is 358 g/mol. The van der Waals surface area contributed by atoms with Crippen LogP contribution in [0.4, 0.5) is 0 Å². The van der Waals surface area contributed by atoms with Crippen molar-refractivity contribution in [3.8, 4) is 28.2 Å². The molecule has 27 heavy (non-hydrogen) atoms. The fraction of sp³-hybridized carbons (Fsp3) is 0.208. The van der Waals surface area contributed by atoms with Crippen molar-refractivity contribution in [3.05, 3.63) is 76.5 Å². The van der Waals surface area contributed by atoms with Gasteiger partial charge >= 0.3 is 0 Å². The second-order valence-corrected chi connectivity index (χ2v) is 7.79.